The Labute approximate surface area is 137 Å². The molecule has 0 aliphatic carbocycles. The van der Waals surface area contributed by atoms with Gasteiger partial charge in [0.1, 0.15) is 0 Å². The van der Waals surface area contributed by atoms with Crippen LogP contribution >= 0.6 is 0 Å². The van der Waals surface area contributed by atoms with Gasteiger partial charge in [0.05, 0.1) is 6.61 Å². The lowest BCUT2D eigenvalue weighted by Crippen LogP contribution is -2.46. The van der Waals surface area contributed by atoms with Gasteiger partial charge in [0.25, 0.3) is 0 Å². The van der Waals surface area contributed by atoms with Crippen LogP contribution in [-0.2, 0) is 14.3 Å². The Morgan fingerprint density at radius 2 is 1.96 bits per heavy atom. The molecule has 1 aromatic rings. The van der Waals surface area contributed by atoms with Crippen molar-refractivity contribution in [2.45, 2.75) is 25.3 Å². The summed E-state index contributed by atoms with van der Waals surface area (Å²) in [5.74, 6) is 0.0404. The van der Waals surface area contributed by atoms with Crippen molar-refractivity contribution in [1.82, 2.24) is 10.2 Å². The number of hydrogen-bond acceptors (Lipinski definition) is 3. The molecular formula is C18H24N2O3. The molecule has 0 aromatic heterocycles. The largest absolute Gasteiger partial charge is 0.384 e. The summed E-state index contributed by atoms with van der Waals surface area (Å²) < 4.78 is 4.89. The lowest BCUT2D eigenvalue weighted by Gasteiger charge is -2.31. The number of rotatable bonds is 6. The standard InChI is InChI=1S/C18H24N2O3/c1-23-14-11-17(21)19-16-9-12-20(13-10-16)18(22)8-7-15-5-3-2-4-6-15/h2-8,16H,9-14H2,1H3,(H,19,21)/b8-7+. The van der Waals surface area contributed by atoms with Crippen molar-refractivity contribution < 1.29 is 14.3 Å². The Morgan fingerprint density at radius 3 is 2.61 bits per heavy atom. The molecule has 0 saturated carbocycles. The quantitative estimate of drug-likeness (QED) is 0.815. The van der Waals surface area contributed by atoms with Crippen LogP contribution in [0.25, 0.3) is 6.08 Å². The highest BCUT2D eigenvalue weighted by molar-refractivity contribution is 5.91. The van der Waals surface area contributed by atoms with Crippen molar-refractivity contribution in [3.05, 3.63) is 42.0 Å². The molecule has 1 aliphatic rings. The van der Waals surface area contributed by atoms with Crippen LogP contribution in [0.2, 0.25) is 0 Å². The fourth-order valence-corrected chi connectivity index (χ4v) is 2.58. The molecule has 2 rings (SSSR count). The average molecular weight is 316 g/mol. The zero-order chi connectivity index (χ0) is 16.5. The number of carbonyl (C=O) groups is 2. The van der Waals surface area contributed by atoms with Crippen LogP contribution in [0, 0.1) is 0 Å². The molecule has 1 saturated heterocycles. The SMILES string of the molecule is COCCC(=O)NC1CCN(C(=O)/C=C/c2ccccc2)CC1. The van der Waals surface area contributed by atoms with Gasteiger partial charge in [-0.3, -0.25) is 9.59 Å². The molecule has 1 aliphatic heterocycles. The smallest absolute Gasteiger partial charge is 0.246 e. The number of likely N-dealkylation sites (tertiary alicyclic amines) is 1. The normalized spacial score (nSPS) is 15.8. The zero-order valence-corrected chi connectivity index (χ0v) is 13.5. The van der Waals surface area contributed by atoms with Gasteiger partial charge in [0.2, 0.25) is 11.8 Å². The zero-order valence-electron chi connectivity index (χ0n) is 13.5. The number of nitrogens with zero attached hydrogens (tertiary/aromatic N) is 1. The van der Waals surface area contributed by atoms with Gasteiger partial charge in [0, 0.05) is 38.7 Å². The van der Waals surface area contributed by atoms with Gasteiger partial charge in [-0.1, -0.05) is 30.3 Å². The minimum atomic E-state index is 0.0144. The minimum absolute atomic E-state index is 0.0144. The van der Waals surface area contributed by atoms with Crippen molar-refractivity contribution in [2.24, 2.45) is 0 Å². The van der Waals surface area contributed by atoms with E-state index in [0.29, 0.717) is 26.1 Å². The summed E-state index contributed by atoms with van der Waals surface area (Å²) in [5.41, 5.74) is 1.01. The highest BCUT2D eigenvalue weighted by Gasteiger charge is 2.22. The minimum Gasteiger partial charge on any atom is -0.384 e. The number of methoxy groups -OCH3 is 1. The van der Waals surface area contributed by atoms with Crippen LogP contribution in [0.5, 0.6) is 0 Å². The molecule has 2 amide bonds. The predicted molar refractivity (Wildman–Crippen MR) is 89.7 cm³/mol. The molecule has 23 heavy (non-hydrogen) atoms. The van der Waals surface area contributed by atoms with E-state index in [0.717, 1.165) is 18.4 Å². The second-order valence-corrected chi connectivity index (χ2v) is 5.65. The van der Waals surface area contributed by atoms with Gasteiger partial charge >= 0.3 is 0 Å². The maximum absolute atomic E-state index is 12.2. The Morgan fingerprint density at radius 1 is 1.26 bits per heavy atom. The summed E-state index contributed by atoms with van der Waals surface area (Å²) in [4.78, 5) is 25.7. The molecule has 124 valence electrons. The van der Waals surface area contributed by atoms with Crippen LogP contribution < -0.4 is 5.32 Å². The van der Waals surface area contributed by atoms with Crippen molar-refractivity contribution >= 4 is 17.9 Å². The number of nitrogens with one attached hydrogen (secondary N) is 1. The van der Waals surface area contributed by atoms with Gasteiger partial charge in [-0.15, -0.1) is 0 Å². The number of ether oxygens (including phenoxy) is 1. The predicted octanol–water partition coefficient (Wildman–Crippen LogP) is 1.84. The van der Waals surface area contributed by atoms with Gasteiger partial charge < -0.3 is 15.0 Å². The molecule has 0 atom stereocenters. The summed E-state index contributed by atoms with van der Waals surface area (Å²) in [6.45, 7) is 1.79. The lowest BCUT2D eigenvalue weighted by molar-refractivity contribution is -0.127. The highest BCUT2D eigenvalue weighted by Crippen LogP contribution is 2.12. The summed E-state index contributed by atoms with van der Waals surface area (Å²) in [6.07, 6.45) is 5.43. The van der Waals surface area contributed by atoms with Crippen LogP contribution in [0.4, 0.5) is 0 Å². The van der Waals surface area contributed by atoms with Crippen LogP contribution in [-0.4, -0.2) is 49.6 Å². The number of amides is 2. The lowest BCUT2D eigenvalue weighted by atomic mass is 10.0. The summed E-state index contributed by atoms with van der Waals surface area (Å²) >= 11 is 0. The topological polar surface area (TPSA) is 58.6 Å². The Kier molecular flexibility index (Phi) is 6.81. The third kappa shape index (κ3) is 5.87. The Bertz CT molecular complexity index is 534. The van der Waals surface area contributed by atoms with Crippen LogP contribution in [0.3, 0.4) is 0 Å². The van der Waals surface area contributed by atoms with E-state index in [-0.39, 0.29) is 17.9 Å². The molecule has 0 spiro atoms. The van der Waals surface area contributed by atoms with Gasteiger partial charge in [-0.2, -0.15) is 0 Å². The van der Waals surface area contributed by atoms with Crippen LogP contribution in [0.1, 0.15) is 24.8 Å². The molecule has 5 heteroatoms. The molecule has 1 fully saturated rings. The molecule has 0 bridgehead atoms. The monoisotopic (exact) mass is 316 g/mol. The third-order valence-corrected chi connectivity index (χ3v) is 3.92. The molecule has 1 aromatic carbocycles. The third-order valence-electron chi connectivity index (χ3n) is 3.92. The Hall–Kier alpha value is -2.14. The molecule has 1 heterocycles. The number of benzene rings is 1. The number of piperidine rings is 1. The maximum Gasteiger partial charge on any atom is 0.246 e. The summed E-state index contributed by atoms with van der Waals surface area (Å²) in [5, 5.41) is 3.00. The van der Waals surface area contributed by atoms with E-state index in [2.05, 4.69) is 5.32 Å². The number of hydrogen-bond donors (Lipinski definition) is 1. The van der Waals surface area contributed by atoms with Crippen molar-refractivity contribution in [3.8, 4) is 0 Å². The van der Waals surface area contributed by atoms with Gasteiger partial charge in [0.15, 0.2) is 0 Å². The maximum atomic E-state index is 12.2. The van der Waals surface area contributed by atoms with Crippen LogP contribution in [0.15, 0.2) is 36.4 Å². The van der Waals surface area contributed by atoms with E-state index in [1.54, 1.807) is 13.2 Å². The van der Waals surface area contributed by atoms with Gasteiger partial charge in [-0.25, -0.2) is 0 Å². The molecule has 0 unspecified atom stereocenters. The second-order valence-electron chi connectivity index (χ2n) is 5.65. The first-order chi connectivity index (χ1) is 11.2. The van der Waals surface area contributed by atoms with Gasteiger partial charge in [-0.05, 0) is 24.5 Å². The van der Waals surface area contributed by atoms with Crippen molar-refractivity contribution in [1.29, 1.82) is 0 Å². The first kappa shape index (κ1) is 17.2. The second kappa shape index (κ2) is 9.10. The van der Waals surface area contributed by atoms with E-state index in [1.165, 1.54) is 0 Å². The van der Waals surface area contributed by atoms with E-state index in [9.17, 15) is 9.59 Å². The summed E-state index contributed by atoms with van der Waals surface area (Å²) in [7, 11) is 1.58. The molecular weight excluding hydrogens is 292 g/mol. The molecule has 1 N–H and O–H groups in total. The Balaban J connectivity index is 1.74. The van der Waals surface area contributed by atoms with E-state index >= 15 is 0 Å². The van der Waals surface area contributed by atoms with E-state index in [1.807, 2.05) is 41.3 Å². The van der Waals surface area contributed by atoms with Crippen molar-refractivity contribution in [3.63, 3.8) is 0 Å². The van der Waals surface area contributed by atoms with Crippen molar-refractivity contribution in [2.75, 3.05) is 26.8 Å². The first-order valence-corrected chi connectivity index (χ1v) is 7.99. The molecule has 0 radical (unpaired) electrons. The van der Waals surface area contributed by atoms with E-state index in [4.69, 9.17) is 4.74 Å². The summed E-state index contributed by atoms with van der Waals surface area (Å²) in [6, 6.07) is 9.92. The first-order valence-electron chi connectivity index (χ1n) is 7.99. The fourth-order valence-electron chi connectivity index (χ4n) is 2.58. The highest BCUT2D eigenvalue weighted by atomic mass is 16.5. The average Bonchev–Trinajstić information content (AvgIpc) is 2.59. The number of carbonyl (C=O) groups excluding carboxylic acids is 2. The van der Waals surface area contributed by atoms with E-state index < -0.39 is 0 Å². The fraction of sp³-hybridized carbons (Fsp3) is 0.444. The molecule has 5 nitrogen and oxygen atoms in total.